The van der Waals surface area contributed by atoms with Crippen molar-refractivity contribution in [1.29, 1.82) is 0 Å². The SMILES string of the molecule is C=C/C(C#CC1=CCCC=C1B(O)O)=C\CC(C)C. The minimum atomic E-state index is -1.45. The Kier molecular flexibility index (Phi) is 6.42. The van der Waals surface area contributed by atoms with Gasteiger partial charge in [-0.3, -0.25) is 0 Å². The van der Waals surface area contributed by atoms with Crippen LogP contribution in [0.5, 0.6) is 0 Å². The standard InChI is InChI=1S/C16H21BO2/c1-4-14(10-9-13(2)3)11-12-15-7-5-6-8-16(15)17(18)19/h4,7-8,10,13,18-19H,1,5-6,9H2,2-3H3/b14-10+. The van der Waals surface area contributed by atoms with Crippen molar-refractivity contribution in [3.8, 4) is 11.8 Å². The maximum Gasteiger partial charge on any atom is 0.489 e. The van der Waals surface area contributed by atoms with Crippen LogP contribution in [0.15, 0.2) is 47.5 Å². The number of hydrogen-bond acceptors (Lipinski definition) is 2. The molecule has 0 saturated carbocycles. The van der Waals surface area contributed by atoms with Crippen LogP contribution in [0, 0.1) is 17.8 Å². The Labute approximate surface area is 116 Å². The molecule has 1 aliphatic rings. The highest BCUT2D eigenvalue weighted by atomic mass is 16.4. The predicted octanol–water partition coefficient (Wildman–Crippen LogP) is 2.81. The van der Waals surface area contributed by atoms with Gasteiger partial charge in [0.1, 0.15) is 0 Å². The lowest BCUT2D eigenvalue weighted by Gasteiger charge is -2.10. The first-order valence-corrected chi connectivity index (χ1v) is 6.66. The predicted molar refractivity (Wildman–Crippen MR) is 81.1 cm³/mol. The third-order valence-corrected chi connectivity index (χ3v) is 2.84. The van der Waals surface area contributed by atoms with Gasteiger partial charge in [-0.2, -0.15) is 0 Å². The van der Waals surface area contributed by atoms with Gasteiger partial charge >= 0.3 is 7.12 Å². The van der Waals surface area contributed by atoms with E-state index in [0.29, 0.717) is 17.0 Å². The second-order valence-corrected chi connectivity index (χ2v) is 4.97. The highest BCUT2D eigenvalue weighted by molar-refractivity contribution is 6.52. The van der Waals surface area contributed by atoms with E-state index in [4.69, 9.17) is 0 Å². The first-order valence-electron chi connectivity index (χ1n) is 6.66. The first-order chi connectivity index (χ1) is 9.04. The third-order valence-electron chi connectivity index (χ3n) is 2.84. The zero-order valence-electron chi connectivity index (χ0n) is 11.7. The molecule has 3 heteroatoms. The van der Waals surface area contributed by atoms with Crippen LogP contribution in [-0.2, 0) is 0 Å². The summed E-state index contributed by atoms with van der Waals surface area (Å²) in [4.78, 5) is 0. The minimum Gasteiger partial charge on any atom is -0.423 e. The molecule has 100 valence electrons. The van der Waals surface area contributed by atoms with Gasteiger partial charge in [0.15, 0.2) is 0 Å². The fourth-order valence-corrected chi connectivity index (χ4v) is 1.75. The van der Waals surface area contributed by atoms with E-state index in [1.807, 2.05) is 12.2 Å². The van der Waals surface area contributed by atoms with Gasteiger partial charge in [-0.1, -0.05) is 56.6 Å². The molecule has 0 aliphatic heterocycles. The Bertz CT molecular complexity index is 471. The quantitative estimate of drug-likeness (QED) is 0.461. The molecule has 0 saturated heterocycles. The molecular formula is C16H21BO2. The van der Waals surface area contributed by atoms with Crippen molar-refractivity contribution in [2.45, 2.75) is 33.1 Å². The summed E-state index contributed by atoms with van der Waals surface area (Å²) in [5.74, 6) is 6.64. The molecule has 0 aromatic heterocycles. The molecule has 0 fully saturated rings. The monoisotopic (exact) mass is 256 g/mol. The summed E-state index contributed by atoms with van der Waals surface area (Å²) in [7, 11) is -1.45. The van der Waals surface area contributed by atoms with Crippen molar-refractivity contribution >= 4 is 7.12 Å². The molecule has 0 aromatic rings. The van der Waals surface area contributed by atoms with Gasteiger partial charge in [0.25, 0.3) is 0 Å². The summed E-state index contributed by atoms with van der Waals surface area (Å²) < 4.78 is 0. The summed E-state index contributed by atoms with van der Waals surface area (Å²) in [5.41, 5.74) is 2.09. The van der Waals surface area contributed by atoms with Crippen LogP contribution < -0.4 is 0 Å². The second kappa shape index (κ2) is 7.83. The molecule has 2 nitrogen and oxygen atoms in total. The van der Waals surface area contributed by atoms with Gasteiger partial charge in [0, 0.05) is 11.1 Å². The lowest BCUT2D eigenvalue weighted by Crippen LogP contribution is -2.18. The maximum absolute atomic E-state index is 9.29. The second-order valence-electron chi connectivity index (χ2n) is 4.97. The van der Waals surface area contributed by atoms with E-state index >= 15 is 0 Å². The molecule has 19 heavy (non-hydrogen) atoms. The number of allylic oxidation sites excluding steroid dienone is 7. The van der Waals surface area contributed by atoms with E-state index in [0.717, 1.165) is 24.8 Å². The average Bonchev–Trinajstić information content (AvgIpc) is 2.39. The van der Waals surface area contributed by atoms with E-state index in [1.165, 1.54) is 0 Å². The van der Waals surface area contributed by atoms with E-state index in [2.05, 4.69) is 38.3 Å². The van der Waals surface area contributed by atoms with Gasteiger partial charge in [0.2, 0.25) is 0 Å². The summed E-state index contributed by atoms with van der Waals surface area (Å²) in [6.07, 6.45) is 10.3. The molecule has 0 unspecified atom stereocenters. The molecule has 0 spiro atoms. The Morgan fingerprint density at radius 1 is 1.42 bits per heavy atom. The van der Waals surface area contributed by atoms with Crippen molar-refractivity contribution < 1.29 is 10.0 Å². The van der Waals surface area contributed by atoms with Crippen LogP contribution in [-0.4, -0.2) is 17.2 Å². The van der Waals surface area contributed by atoms with E-state index in [-0.39, 0.29) is 0 Å². The van der Waals surface area contributed by atoms with Gasteiger partial charge in [0.05, 0.1) is 0 Å². The van der Waals surface area contributed by atoms with Crippen molar-refractivity contribution in [3.05, 3.63) is 47.5 Å². The molecule has 1 aliphatic carbocycles. The van der Waals surface area contributed by atoms with E-state index in [1.54, 1.807) is 6.08 Å². The zero-order chi connectivity index (χ0) is 14.3. The van der Waals surface area contributed by atoms with Crippen LogP contribution in [0.1, 0.15) is 33.1 Å². The Morgan fingerprint density at radius 3 is 2.68 bits per heavy atom. The molecule has 0 bridgehead atoms. The summed E-state index contributed by atoms with van der Waals surface area (Å²) in [6.45, 7) is 8.05. The van der Waals surface area contributed by atoms with Crippen molar-refractivity contribution in [1.82, 2.24) is 0 Å². The molecule has 0 heterocycles. The highest BCUT2D eigenvalue weighted by Crippen LogP contribution is 2.19. The van der Waals surface area contributed by atoms with Crippen LogP contribution in [0.4, 0.5) is 0 Å². The fraction of sp³-hybridized carbons (Fsp3) is 0.375. The zero-order valence-corrected chi connectivity index (χ0v) is 11.7. The Balaban J connectivity index is 2.86. The Morgan fingerprint density at radius 2 is 2.11 bits per heavy atom. The highest BCUT2D eigenvalue weighted by Gasteiger charge is 2.19. The smallest absolute Gasteiger partial charge is 0.423 e. The first kappa shape index (κ1) is 15.6. The van der Waals surface area contributed by atoms with Crippen molar-refractivity contribution in [3.63, 3.8) is 0 Å². The number of hydrogen-bond donors (Lipinski definition) is 2. The van der Waals surface area contributed by atoms with Crippen LogP contribution in [0.2, 0.25) is 0 Å². The molecular weight excluding hydrogens is 235 g/mol. The van der Waals surface area contributed by atoms with Crippen molar-refractivity contribution in [2.75, 3.05) is 0 Å². The molecule has 0 amide bonds. The topological polar surface area (TPSA) is 40.5 Å². The molecule has 1 rings (SSSR count). The van der Waals surface area contributed by atoms with E-state index < -0.39 is 7.12 Å². The van der Waals surface area contributed by atoms with Gasteiger partial charge in [-0.15, -0.1) is 0 Å². The molecule has 0 radical (unpaired) electrons. The maximum atomic E-state index is 9.29. The van der Waals surface area contributed by atoms with Gasteiger partial charge < -0.3 is 10.0 Å². The largest absolute Gasteiger partial charge is 0.489 e. The minimum absolute atomic E-state index is 0.506. The molecule has 0 aromatic carbocycles. The summed E-state index contributed by atoms with van der Waals surface area (Å²) in [5, 5.41) is 18.6. The summed E-state index contributed by atoms with van der Waals surface area (Å²) >= 11 is 0. The fourth-order valence-electron chi connectivity index (χ4n) is 1.75. The van der Waals surface area contributed by atoms with Crippen LogP contribution in [0.25, 0.3) is 0 Å². The number of rotatable bonds is 4. The van der Waals surface area contributed by atoms with Crippen LogP contribution >= 0.6 is 0 Å². The Hall–Kier alpha value is -1.50. The molecule has 0 atom stereocenters. The third kappa shape index (κ3) is 5.34. The van der Waals surface area contributed by atoms with Gasteiger partial charge in [-0.05, 0) is 30.7 Å². The van der Waals surface area contributed by atoms with E-state index in [9.17, 15) is 10.0 Å². The van der Waals surface area contributed by atoms with Gasteiger partial charge in [-0.25, -0.2) is 0 Å². The average molecular weight is 256 g/mol. The van der Waals surface area contributed by atoms with Crippen LogP contribution in [0.3, 0.4) is 0 Å². The molecule has 2 N–H and O–H groups in total. The lowest BCUT2D eigenvalue weighted by molar-refractivity contribution is 0.419. The lowest BCUT2D eigenvalue weighted by atomic mass is 9.72. The van der Waals surface area contributed by atoms with Crippen molar-refractivity contribution in [2.24, 2.45) is 5.92 Å². The normalized spacial score (nSPS) is 15.3. The summed E-state index contributed by atoms with van der Waals surface area (Å²) in [6, 6.07) is 0.